The zero-order valence-corrected chi connectivity index (χ0v) is 12.6. The van der Waals surface area contributed by atoms with Crippen LogP contribution in [0.15, 0.2) is 4.99 Å². The number of aliphatic imine (C=N–C) groups is 1. The number of rotatable bonds is 6. The Morgan fingerprint density at radius 3 is 2.83 bits per heavy atom. The Hall–Kier alpha value is -0.710. The van der Waals surface area contributed by atoms with Gasteiger partial charge in [-0.25, -0.2) is 0 Å². The molecule has 1 amide bonds. The molecule has 2 unspecified atom stereocenters. The summed E-state index contributed by atoms with van der Waals surface area (Å²) in [5.41, 5.74) is 0. The summed E-state index contributed by atoms with van der Waals surface area (Å²) in [6.07, 6.45) is 2.08. The molecule has 0 aromatic heterocycles. The summed E-state index contributed by atoms with van der Waals surface area (Å²) in [4.78, 5) is 16.3. The van der Waals surface area contributed by atoms with Gasteiger partial charge in [0.1, 0.15) is 6.04 Å². The van der Waals surface area contributed by atoms with E-state index in [1.807, 2.05) is 13.8 Å². The maximum atomic E-state index is 11.7. The molecule has 1 aliphatic heterocycles. The number of amides is 1. The van der Waals surface area contributed by atoms with Crippen molar-refractivity contribution in [2.45, 2.75) is 52.6 Å². The first kappa shape index (κ1) is 15.3. The summed E-state index contributed by atoms with van der Waals surface area (Å²) < 4.78 is 0. The fraction of sp³-hybridized carbons (Fsp3) is 0.846. The van der Waals surface area contributed by atoms with Crippen LogP contribution in [0.5, 0.6) is 0 Å². The molecular weight excluding hydrogens is 246 g/mol. The number of thioether (sulfide) groups is 1. The average Bonchev–Trinajstić information content (AvgIpc) is 2.72. The van der Waals surface area contributed by atoms with Crippen LogP contribution in [0, 0.1) is 5.92 Å². The molecule has 0 aromatic rings. The monoisotopic (exact) mass is 271 g/mol. The predicted octanol–water partition coefficient (Wildman–Crippen LogP) is 2.01. The van der Waals surface area contributed by atoms with Gasteiger partial charge in [0.25, 0.3) is 0 Å². The van der Waals surface area contributed by atoms with Crippen LogP contribution in [0.25, 0.3) is 0 Å². The van der Waals surface area contributed by atoms with E-state index in [0.717, 1.165) is 30.3 Å². The fourth-order valence-electron chi connectivity index (χ4n) is 1.81. The van der Waals surface area contributed by atoms with Gasteiger partial charge in [0, 0.05) is 12.3 Å². The highest BCUT2D eigenvalue weighted by Crippen LogP contribution is 2.21. The fourth-order valence-corrected chi connectivity index (χ4v) is 2.86. The molecule has 18 heavy (non-hydrogen) atoms. The number of hydrogen-bond donors (Lipinski definition) is 2. The lowest BCUT2D eigenvalue weighted by atomic mass is 10.1. The van der Waals surface area contributed by atoms with Crippen LogP contribution in [-0.4, -0.2) is 35.5 Å². The van der Waals surface area contributed by atoms with E-state index < -0.39 is 0 Å². The minimum absolute atomic E-state index is 0.0486. The van der Waals surface area contributed by atoms with Gasteiger partial charge in [0.05, 0.1) is 6.04 Å². The van der Waals surface area contributed by atoms with Crippen molar-refractivity contribution < 1.29 is 4.79 Å². The molecule has 104 valence electrons. The molecule has 1 aliphatic rings. The molecule has 0 saturated carbocycles. The Morgan fingerprint density at radius 1 is 1.50 bits per heavy atom. The van der Waals surface area contributed by atoms with Gasteiger partial charge in [-0.3, -0.25) is 9.79 Å². The van der Waals surface area contributed by atoms with Crippen LogP contribution in [0.1, 0.15) is 40.5 Å². The predicted molar refractivity (Wildman–Crippen MR) is 79.0 cm³/mol. The van der Waals surface area contributed by atoms with Crippen LogP contribution in [0.2, 0.25) is 0 Å². The number of amidine groups is 1. The van der Waals surface area contributed by atoms with E-state index in [1.54, 1.807) is 11.8 Å². The summed E-state index contributed by atoms with van der Waals surface area (Å²) in [7, 11) is 0. The summed E-state index contributed by atoms with van der Waals surface area (Å²) in [6.45, 7) is 9.09. The first-order valence-corrected chi connectivity index (χ1v) is 7.76. The number of hydrogen-bond acceptors (Lipinski definition) is 4. The van der Waals surface area contributed by atoms with E-state index >= 15 is 0 Å². The van der Waals surface area contributed by atoms with E-state index in [1.165, 1.54) is 0 Å². The van der Waals surface area contributed by atoms with Crippen molar-refractivity contribution in [1.29, 1.82) is 0 Å². The Morgan fingerprint density at radius 2 is 2.22 bits per heavy atom. The lowest BCUT2D eigenvalue weighted by Gasteiger charge is -2.14. The quantitative estimate of drug-likeness (QED) is 0.777. The Bertz CT molecular complexity index is 305. The van der Waals surface area contributed by atoms with Gasteiger partial charge < -0.3 is 10.6 Å². The standard InChI is InChI=1S/C13H25N3OS/c1-5-6-14-12(17)10(4)15-13-16-11(8-18-13)7-9(2)3/h9-11H,5-8H2,1-4H3,(H,14,17)(H,15,16). The van der Waals surface area contributed by atoms with Gasteiger partial charge >= 0.3 is 0 Å². The third-order valence-electron chi connectivity index (χ3n) is 2.74. The van der Waals surface area contributed by atoms with Crippen LogP contribution in [0.4, 0.5) is 0 Å². The average molecular weight is 271 g/mol. The molecule has 0 radical (unpaired) electrons. The van der Waals surface area contributed by atoms with Crippen molar-refractivity contribution in [2.75, 3.05) is 12.3 Å². The third kappa shape index (κ3) is 5.29. The number of carbonyl (C=O) groups excluding carboxylic acids is 1. The molecular formula is C13H25N3OS. The molecule has 0 fully saturated rings. The first-order valence-electron chi connectivity index (χ1n) is 6.77. The van der Waals surface area contributed by atoms with Crippen LogP contribution < -0.4 is 10.6 Å². The summed E-state index contributed by atoms with van der Waals surface area (Å²) in [5, 5.41) is 6.99. The van der Waals surface area contributed by atoms with Gasteiger partial charge in [-0.05, 0) is 25.7 Å². The number of nitrogens with one attached hydrogen (secondary N) is 2. The molecule has 0 aromatic carbocycles. The summed E-state index contributed by atoms with van der Waals surface area (Å²) in [6, 6.07) is 0.198. The van der Waals surface area contributed by atoms with E-state index in [9.17, 15) is 4.79 Å². The van der Waals surface area contributed by atoms with E-state index in [-0.39, 0.29) is 11.9 Å². The summed E-state index contributed by atoms with van der Waals surface area (Å²) >= 11 is 1.72. The lowest BCUT2D eigenvalue weighted by molar-refractivity contribution is -0.122. The van der Waals surface area contributed by atoms with Crippen molar-refractivity contribution in [1.82, 2.24) is 10.6 Å². The number of nitrogens with zero attached hydrogens (tertiary/aromatic N) is 1. The van der Waals surface area contributed by atoms with Crippen molar-refractivity contribution in [3.63, 3.8) is 0 Å². The highest BCUT2D eigenvalue weighted by molar-refractivity contribution is 8.14. The topological polar surface area (TPSA) is 53.5 Å². The Balaban J connectivity index is 2.36. The Labute approximate surface area is 114 Å². The second-order valence-electron chi connectivity index (χ2n) is 5.19. The normalized spacial score (nSPS) is 20.7. The van der Waals surface area contributed by atoms with Crippen molar-refractivity contribution in [3.8, 4) is 0 Å². The van der Waals surface area contributed by atoms with Gasteiger partial charge in [-0.2, -0.15) is 0 Å². The van der Waals surface area contributed by atoms with Gasteiger partial charge in [0.15, 0.2) is 5.17 Å². The molecule has 4 nitrogen and oxygen atoms in total. The van der Waals surface area contributed by atoms with Gasteiger partial charge in [-0.15, -0.1) is 0 Å². The zero-order chi connectivity index (χ0) is 13.5. The van der Waals surface area contributed by atoms with Gasteiger partial charge in [0.2, 0.25) is 5.91 Å². The van der Waals surface area contributed by atoms with E-state index in [4.69, 9.17) is 0 Å². The van der Waals surface area contributed by atoms with Gasteiger partial charge in [-0.1, -0.05) is 32.5 Å². The number of carbonyl (C=O) groups is 1. The largest absolute Gasteiger partial charge is 0.354 e. The molecule has 0 bridgehead atoms. The molecule has 0 spiro atoms. The van der Waals surface area contributed by atoms with Crippen LogP contribution >= 0.6 is 11.8 Å². The minimum Gasteiger partial charge on any atom is -0.354 e. The molecule has 0 aliphatic carbocycles. The lowest BCUT2D eigenvalue weighted by Crippen LogP contribution is -2.43. The Kier molecular flexibility index (Phi) is 6.54. The molecule has 1 rings (SSSR count). The second-order valence-corrected chi connectivity index (χ2v) is 6.19. The molecule has 5 heteroatoms. The van der Waals surface area contributed by atoms with Crippen molar-refractivity contribution in [3.05, 3.63) is 0 Å². The third-order valence-corrected chi connectivity index (χ3v) is 3.79. The van der Waals surface area contributed by atoms with E-state index in [0.29, 0.717) is 12.0 Å². The van der Waals surface area contributed by atoms with Crippen LogP contribution in [0.3, 0.4) is 0 Å². The maximum Gasteiger partial charge on any atom is 0.242 e. The zero-order valence-electron chi connectivity index (χ0n) is 11.8. The smallest absolute Gasteiger partial charge is 0.242 e. The first-order chi connectivity index (χ1) is 8.52. The second kappa shape index (κ2) is 7.67. The van der Waals surface area contributed by atoms with Crippen molar-refractivity contribution in [2.24, 2.45) is 10.9 Å². The summed E-state index contributed by atoms with van der Waals surface area (Å²) in [5.74, 6) is 1.75. The highest BCUT2D eigenvalue weighted by Gasteiger charge is 2.22. The molecule has 2 N–H and O–H groups in total. The molecule has 0 saturated heterocycles. The minimum atomic E-state index is -0.208. The molecule has 1 heterocycles. The van der Waals surface area contributed by atoms with Crippen molar-refractivity contribution >= 4 is 22.8 Å². The molecule has 2 atom stereocenters. The SMILES string of the molecule is CCCNC(=O)C(C)NC1=NC(CC(C)C)CS1. The maximum absolute atomic E-state index is 11.7. The van der Waals surface area contributed by atoms with E-state index in [2.05, 4.69) is 29.5 Å². The highest BCUT2D eigenvalue weighted by atomic mass is 32.2. The van der Waals surface area contributed by atoms with Crippen LogP contribution in [-0.2, 0) is 4.79 Å².